The van der Waals surface area contributed by atoms with E-state index in [1.807, 2.05) is 30.3 Å². The van der Waals surface area contributed by atoms with Gasteiger partial charge < -0.3 is 31.3 Å². The topological polar surface area (TPSA) is 193 Å². The zero-order chi connectivity index (χ0) is 38.4. The maximum absolute atomic E-state index is 14.1. The SMILES string of the molecule is CC(=N)N1CCC(CNC(=O)[C@@H](NC(=O)C(Cc2ccc(C(=N)N)cc2)C(=O)N(C)Cc2ccccc2)C2CCCCC2)CC1.O=C(O)C(F)(F)F. The Kier molecular flexibility index (Phi) is 15.6. The van der Waals surface area contributed by atoms with Crippen molar-refractivity contribution in [1.29, 1.82) is 10.8 Å². The number of benzene rings is 2. The van der Waals surface area contributed by atoms with Crippen LogP contribution >= 0.6 is 0 Å². The average molecular weight is 730 g/mol. The number of hydrogen-bond acceptors (Lipinski definition) is 6. The molecular weight excluding hydrogens is 679 g/mol. The minimum absolute atomic E-state index is 0.0118. The molecule has 7 N–H and O–H groups in total. The number of halogens is 3. The second-order valence-corrected chi connectivity index (χ2v) is 13.5. The van der Waals surface area contributed by atoms with Crippen LogP contribution in [0.5, 0.6) is 0 Å². The first-order chi connectivity index (χ1) is 24.6. The summed E-state index contributed by atoms with van der Waals surface area (Å²) >= 11 is 0. The number of likely N-dealkylation sites (tertiary alicyclic amines) is 1. The van der Waals surface area contributed by atoms with Gasteiger partial charge in [-0.3, -0.25) is 25.2 Å². The van der Waals surface area contributed by atoms with Crippen LogP contribution in [-0.4, -0.2) is 89.2 Å². The number of aliphatic carboxylic acids is 1. The lowest BCUT2D eigenvalue weighted by molar-refractivity contribution is -0.192. The van der Waals surface area contributed by atoms with Gasteiger partial charge in [0.05, 0.1) is 5.84 Å². The first-order valence-corrected chi connectivity index (χ1v) is 17.5. The molecule has 2 aromatic rings. The molecule has 2 aliphatic rings. The molecule has 0 bridgehead atoms. The number of hydrogen-bond donors (Lipinski definition) is 6. The van der Waals surface area contributed by atoms with Gasteiger partial charge in [-0.15, -0.1) is 0 Å². The largest absolute Gasteiger partial charge is 0.490 e. The molecule has 1 heterocycles. The Labute approximate surface area is 302 Å². The molecule has 1 saturated heterocycles. The van der Waals surface area contributed by atoms with Crippen molar-refractivity contribution in [3.63, 3.8) is 0 Å². The molecule has 4 rings (SSSR count). The number of nitrogens with one attached hydrogen (secondary N) is 4. The Hall–Kier alpha value is -4.95. The molecular formula is C37H50F3N7O5. The summed E-state index contributed by atoms with van der Waals surface area (Å²) in [7, 11) is 1.70. The molecule has 1 saturated carbocycles. The molecule has 1 unspecified atom stereocenters. The molecule has 0 radical (unpaired) electrons. The molecule has 2 aromatic carbocycles. The Bertz CT molecular complexity index is 1520. The Morgan fingerprint density at radius 3 is 2.02 bits per heavy atom. The van der Waals surface area contributed by atoms with Crippen LogP contribution in [-0.2, 0) is 32.1 Å². The summed E-state index contributed by atoms with van der Waals surface area (Å²) in [6, 6.07) is 15.9. The van der Waals surface area contributed by atoms with Crippen LogP contribution in [0.15, 0.2) is 54.6 Å². The van der Waals surface area contributed by atoms with Gasteiger partial charge in [0.1, 0.15) is 17.8 Å². The molecule has 0 spiro atoms. The molecule has 12 nitrogen and oxygen atoms in total. The lowest BCUT2D eigenvalue weighted by atomic mass is 9.83. The standard InChI is InChI=1S/C35H49N7O3.C2HF3O2/c1-24(36)42-19-17-26(18-20-42)22-39-34(44)31(28-11-7-4-8-12-28)40-33(43)30(21-25-13-15-29(16-14-25)32(37)38)35(45)41(2)23-27-9-5-3-6-10-27;3-2(4,5)1(6)7/h3,5-6,9-10,13-16,26,28,30-31,36H,4,7-8,11-12,17-23H2,1-2H3,(H3,37,38)(H,39,44)(H,40,43);(H,6,7)/t30?,31-;/m0./s1. The second-order valence-electron chi connectivity index (χ2n) is 13.5. The van der Waals surface area contributed by atoms with Crippen LogP contribution in [0.1, 0.15) is 68.6 Å². The van der Waals surface area contributed by atoms with E-state index in [1.165, 1.54) is 0 Å². The van der Waals surface area contributed by atoms with Crippen LogP contribution < -0.4 is 16.4 Å². The zero-order valence-corrected chi connectivity index (χ0v) is 29.7. The third-order valence-corrected chi connectivity index (χ3v) is 9.56. The molecule has 52 heavy (non-hydrogen) atoms. The Morgan fingerprint density at radius 1 is 0.923 bits per heavy atom. The predicted molar refractivity (Wildman–Crippen MR) is 190 cm³/mol. The quantitative estimate of drug-likeness (QED) is 0.106. The molecule has 2 atom stereocenters. The smallest absolute Gasteiger partial charge is 0.475 e. The molecule has 1 aliphatic heterocycles. The van der Waals surface area contributed by atoms with Gasteiger partial charge in [-0.25, -0.2) is 4.79 Å². The van der Waals surface area contributed by atoms with Gasteiger partial charge >= 0.3 is 12.1 Å². The van der Waals surface area contributed by atoms with E-state index in [0.717, 1.165) is 69.2 Å². The summed E-state index contributed by atoms with van der Waals surface area (Å²) in [5.41, 5.74) is 7.93. The predicted octanol–water partition coefficient (Wildman–Crippen LogP) is 4.31. The van der Waals surface area contributed by atoms with E-state index in [1.54, 1.807) is 43.1 Å². The molecule has 284 valence electrons. The van der Waals surface area contributed by atoms with Crippen molar-refractivity contribution in [1.82, 2.24) is 20.4 Å². The van der Waals surface area contributed by atoms with Gasteiger partial charge in [0.15, 0.2) is 0 Å². The highest BCUT2D eigenvalue weighted by molar-refractivity contribution is 6.02. The van der Waals surface area contributed by atoms with Crippen LogP contribution in [0.3, 0.4) is 0 Å². The summed E-state index contributed by atoms with van der Waals surface area (Å²) in [6.45, 7) is 4.32. The average Bonchev–Trinajstić information content (AvgIpc) is 3.12. The number of carbonyl (C=O) groups is 4. The van der Waals surface area contributed by atoms with Crippen molar-refractivity contribution in [2.24, 2.45) is 23.5 Å². The van der Waals surface area contributed by atoms with Crippen molar-refractivity contribution in [2.45, 2.75) is 77.1 Å². The van der Waals surface area contributed by atoms with Gasteiger partial charge in [-0.1, -0.05) is 73.9 Å². The highest BCUT2D eigenvalue weighted by Gasteiger charge is 2.38. The summed E-state index contributed by atoms with van der Waals surface area (Å²) in [4.78, 5) is 54.2. The van der Waals surface area contributed by atoms with E-state index in [2.05, 4.69) is 15.5 Å². The van der Waals surface area contributed by atoms with Crippen molar-refractivity contribution in [3.05, 3.63) is 71.3 Å². The van der Waals surface area contributed by atoms with Gasteiger partial charge in [-0.05, 0) is 62.0 Å². The summed E-state index contributed by atoms with van der Waals surface area (Å²) in [6.07, 6.45) is 1.74. The number of carboxylic acid groups (broad SMARTS) is 1. The number of amides is 3. The number of carboxylic acids is 1. The van der Waals surface area contributed by atoms with Crippen LogP contribution in [0, 0.1) is 28.6 Å². The maximum atomic E-state index is 14.1. The van der Waals surface area contributed by atoms with E-state index in [9.17, 15) is 27.6 Å². The normalized spacial score (nSPS) is 16.4. The number of amidine groups is 2. The fraction of sp³-hybridized carbons (Fsp3) is 0.514. The first kappa shape index (κ1) is 41.5. The number of carbonyl (C=O) groups excluding carboxylic acids is 3. The van der Waals surface area contributed by atoms with E-state index in [0.29, 0.717) is 30.4 Å². The maximum Gasteiger partial charge on any atom is 0.490 e. The Morgan fingerprint density at radius 2 is 1.50 bits per heavy atom. The fourth-order valence-corrected chi connectivity index (χ4v) is 6.50. The van der Waals surface area contributed by atoms with Crippen LogP contribution in [0.25, 0.3) is 0 Å². The number of piperidine rings is 1. The number of alkyl halides is 3. The summed E-state index contributed by atoms with van der Waals surface area (Å²) in [5.74, 6) is -3.88. The zero-order valence-electron chi connectivity index (χ0n) is 29.7. The highest BCUT2D eigenvalue weighted by Crippen LogP contribution is 2.28. The monoisotopic (exact) mass is 729 g/mol. The Balaban J connectivity index is 0.000000944. The van der Waals surface area contributed by atoms with E-state index >= 15 is 0 Å². The molecule has 1 aliphatic carbocycles. The van der Waals surface area contributed by atoms with Gasteiger partial charge in [0.2, 0.25) is 17.7 Å². The number of nitrogen functional groups attached to an aromatic ring is 1. The van der Waals surface area contributed by atoms with Crippen molar-refractivity contribution in [3.8, 4) is 0 Å². The number of rotatable bonds is 12. The van der Waals surface area contributed by atoms with Gasteiger partial charge in [0.25, 0.3) is 0 Å². The summed E-state index contributed by atoms with van der Waals surface area (Å²) in [5, 5.41) is 28.9. The lowest BCUT2D eigenvalue weighted by Gasteiger charge is -2.34. The fourth-order valence-electron chi connectivity index (χ4n) is 6.50. The number of nitrogens with zero attached hydrogens (tertiary/aromatic N) is 2. The minimum Gasteiger partial charge on any atom is -0.475 e. The van der Waals surface area contributed by atoms with Crippen LogP contribution in [0.4, 0.5) is 13.2 Å². The third-order valence-electron chi connectivity index (χ3n) is 9.56. The van der Waals surface area contributed by atoms with Gasteiger partial charge in [-0.2, -0.15) is 13.2 Å². The van der Waals surface area contributed by atoms with E-state index < -0.39 is 30.0 Å². The van der Waals surface area contributed by atoms with Crippen LogP contribution in [0.2, 0.25) is 0 Å². The van der Waals surface area contributed by atoms with E-state index in [-0.39, 0.29) is 30.0 Å². The van der Waals surface area contributed by atoms with Gasteiger partial charge in [0, 0.05) is 38.8 Å². The van der Waals surface area contributed by atoms with Crippen molar-refractivity contribution >= 4 is 35.4 Å². The minimum atomic E-state index is -5.08. The molecule has 3 amide bonds. The van der Waals surface area contributed by atoms with E-state index in [4.69, 9.17) is 26.5 Å². The molecule has 15 heteroatoms. The van der Waals surface area contributed by atoms with Crippen molar-refractivity contribution < 1.29 is 37.5 Å². The molecule has 2 fully saturated rings. The number of nitrogens with two attached hydrogens (primary N) is 1. The third kappa shape index (κ3) is 13.0. The first-order valence-electron chi connectivity index (χ1n) is 17.5. The lowest BCUT2D eigenvalue weighted by Crippen LogP contribution is -2.55. The summed E-state index contributed by atoms with van der Waals surface area (Å²) < 4.78 is 31.7. The second kappa shape index (κ2) is 19.6. The molecule has 0 aromatic heterocycles. The van der Waals surface area contributed by atoms with Crippen molar-refractivity contribution in [2.75, 3.05) is 26.7 Å². The highest BCUT2D eigenvalue weighted by atomic mass is 19.4.